The normalized spacial score (nSPS) is 16.4. The van der Waals surface area contributed by atoms with E-state index in [1.54, 1.807) is 37.4 Å². The monoisotopic (exact) mass is 644 g/mol. The van der Waals surface area contributed by atoms with Crippen LogP contribution in [-0.2, 0) is 4.79 Å². The first-order valence-corrected chi connectivity index (χ1v) is 20.2. The second-order valence-electron chi connectivity index (χ2n) is 13.2. The van der Waals surface area contributed by atoms with E-state index < -0.39 is 23.8 Å². The largest absolute Gasteiger partial charge is 0.390 e. The van der Waals surface area contributed by atoms with Gasteiger partial charge in [-0.05, 0) is 38.2 Å². The van der Waals surface area contributed by atoms with Crippen molar-refractivity contribution in [3.63, 3.8) is 0 Å². The number of hydrogen-bond donors (Lipinski definition) is 2. The Bertz CT molecular complexity index is 709. The van der Waals surface area contributed by atoms with Crippen LogP contribution in [0, 0.1) is 0 Å². The molecule has 8 heteroatoms. The van der Waals surface area contributed by atoms with Gasteiger partial charge in [0.15, 0.2) is 0 Å². The number of thioether (sulfide) groups is 2. The molecule has 1 heterocycles. The van der Waals surface area contributed by atoms with E-state index in [1.165, 1.54) is 125 Å². The number of carbonyl (C=O) groups excluding carboxylic acids is 2. The van der Waals surface area contributed by atoms with Gasteiger partial charge in [-0.2, -0.15) is 23.5 Å². The maximum atomic E-state index is 13.1. The number of imide groups is 1. The van der Waals surface area contributed by atoms with Gasteiger partial charge in [-0.1, -0.05) is 129 Å². The summed E-state index contributed by atoms with van der Waals surface area (Å²) in [5, 5.41) is 21.2. The summed E-state index contributed by atoms with van der Waals surface area (Å²) in [4.78, 5) is 28.9. The van der Waals surface area contributed by atoms with Crippen molar-refractivity contribution in [2.45, 2.75) is 174 Å². The Morgan fingerprint density at radius 2 is 0.930 bits per heavy atom. The lowest BCUT2D eigenvalue weighted by Gasteiger charge is -2.29. The molecule has 0 spiro atoms. The van der Waals surface area contributed by atoms with E-state index in [2.05, 4.69) is 13.8 Å². The molecule has 0 bridgehead atoms. The Labute approximate surface area is 274 Å². The van der Waals surface area contributed by atoms with Crippen molar-refractivity contribution in [1.82, 2.24) is 9.80 Å². The maximum Gasteiger partial charge on any atom is 0.327 e. The summed E-state index contributed by atoms with van der Waals surface area (Å²) in [6, 6.07) is -0.396. The molecule has 0 aromatic heterocycles. The number of rotatable bonds is 30. The predicted octanol–water partition coefficient (Wildman–Crippen LogP) is 9.06. The van der Waals surface area contributed by atoms with Crippen LogP contribution in [0.4, 0.5) is 4.79 Å². The standard InChI is InChI=1S/C35H68N2O4S2/c1-5-7-9-11-13-15-17-19-21-23-25-42-29-31(38)27-36-33(40)35(3,4)37(34(36)41)28-32(39)30-43-26-24-22-20-18-16-14-12-10-8-6-2/h31-32,38-39H,5-30H2,1-4H3. The second-order valence-corrected chi connectivity index (χ2v) is 15.5. The fourth-order valence-electron chi connectivity index (χ4n) is 5.73. The van der Waals surface area contributed by atoms with E-state index in [-0.39, 0.29) is 19.0 Å². The molecule has 1 saturated heterocycles. The maximum absolute atomic E-state index is 13.1. The first kappa shape index (κ1) is 40.6. The average Bonchev–Trinajstić information content (AvgIpc) is 3.13. The smallest absolute Gasteiger partial charge is 0.327 e. The van der Waals surface area contributed by atoms with Crippen molar-refractivity contribution in [1.29, 1.82) is 0 Å². The molecule has 2 N–H and O–H groups in total. The van der Waals surface area contributed by atoms with Crippen molar-refractivity contribution in [2.24, 2.45) is 0 Å². The Morgan fingerprint density at radius 3 is 1.33 bits per heavy atom. The van der Waals surface area contributed by atoms with Crippen molar-refractivity contribution < 1.29 is 19.8 Å². The first-order valence-electron chi connectivity index (χ1n) is 17.9. The Balaban J connectivity index is 2.18. The fourth-order valence-corrected chi connectivity index (χ4v) is 7.64. The highest BCUT2D eigenvalue weighted by Gasteiger charge is 2.51. The lowest BCUT2D eigenvalue weighted by Crippen LogP contribution is -2.48. The average molecular weight is 645 g/mol. The van der Waals surface area contributed by atoms with Crippen LogP contribution in [0.5, 0.6) is 0 Å². The topological polar surface area (TPSA) is 81.1 Å². The van der Waals surface area contributed by atoms with Gasteiger partial charge in [0.25, 0.3) is 5.91 Å². The van der Waals surface area contributed by atoms with Crippen LogP contribution in [-0.4, -0.2) is 85.8 Å². The Kier molecular flexibility index (Phi) is 24.3. The lowest BCUT2D eigenvalue weighted by molar-refractivity contribution is -0.132. The van der Waals surface area contributed by atoms with Crippen LogP contribution in [0.15, 0.2) is 0 Å². The van der Waals surface area contributed by atoms with E-state index >= 15 is 0 Å². The molecule has 0 aliphatic carbocycles. The van der Waals surface area contributed by atoms with Gasteiger partial charge in [0.1, 0.15) is 5.54 Å². The van der Waals surface area contributed by atoms with Crippen LogP contribution >= 0.6 is 23.5 Å². The van der Waals surface area contributed by atoms with Crippen molar-refractivity contribution in [3.8, 4) is 0 Å². The molecular weight excluding hydrogens is 577 g/mol. The lowest BCUT2D eigenvalue weighted by atomic mass is 10.0. The summed E-state index contributed by atoms with van der Waals surface area (Å²) in [5.74, 6) is 2.80. The van der Waals surface area contributed by atoms with Gasteiger partial charge in [-0.15, -0.1) is 0 Å². The SMILES string of the molecule is CCCCCCCCCCCCSCC(O)CN1C(=O)N(CC(O)CSCCCCCCCCCCCC)C(C)(C)C1=O. The van der Waals surface area contributed by atoms with Crippen molar-refractivity contribution in [3.05, 3.63) is 0 Å². The zero-order valence-electron chi connectivity index (χ0n) is 28.5. The second kappa shape index (κ2) is 25.7. The number of aliphatic hydroxyl groups excluding tert-OH is 2. The molecule has 2 unspecified atom stereocenters. The zero-order valence-corrected chi connectivity index (χ0v) is 30.1. The third-order valence-corrected chi connectivity index (χ3v) is 11.0. The number of unbranched alkanes of at least 4 members (excludes halogenated alkanes) is 18. The summed E-state index contributed by atoms with van der Waals surface area (Å²) in [7, 11) is 0. The summed E-state index contributed by atoms with van der Waals surface area (Å²) < 4.78 is 0. The summed E-state index contributed by atoms with van der Waals surface area (Å²) in [6.45, 7) is 8.15. The van der Waals surface area contributed by atoms with Crippen LogP contribution < -0.4 is 0 Å². The third-order valence-electron chi connectivity index (χ3n) is 8.60. The molecule has 2 atom stereocenters. The molecule has 0 saturated carbocycles. The van der Waals surface area contributed by atoms with E-state index in [0.29, 0.717) is 11.5 Å². The van der Waals surface area contributed by atoms with Gasteiger partial charge >= 0.3 is 6.03 Å². The van der Waals surface area contributed by atoms with E-state index in [4.69, 9.17) is 0 Å². The number of hydrogen-bond acceptors (Lipinski definition) is 6. The van der Waals surface area contributed by atoms with Gasteiger partial charge < -0.3 is 15.1 Å². The number of aliphatic hydroxyl groups is 2. The van der Waals surface area contributed by atoms with Gasteiger partial charge in [-0.25, -0.2) is 4.79 Å². The summed E-state index contributed by atoms with van der Waals surface area (Å²) in [5.41, 5.74) is -1.01. The number of β-amino-alcohol motifs (C(OH)–C–C–N with tert-alkyl or cyclic N) is 2. The first-order chi connectivity index (χ1) is 20.8. The van der Waals surface area contributed by atoms with Gasteiger partial charge in [-0.3, -0.25) is 9.69 Å². The molecule has 1 fully saturated rings. The van der Waals surface area contributed by atoms with Crippen molar-refractivity contribution >= 4 is 35.5 Å². The summed E-state index contributed by atoms with van der Waals surface area (Å²) >= 11 is 3.43. The quantitative estimate of drug-likeness (QED) is 0.0600. The molecule has 1 rings (SSSR count). The Hall–Kier alpha value is -0.440. The summed E-state index contributed by atoms with van der Waals surface area (Å²) in [6.07, 6.45) is 24.8. The number of urea groups is 1. The molecule has 1 aliphatic heterocycles. The molecule has 0 aromatic carbocycles. The minimum absolute atomic E-state index is 0.0201. The highest BCUT2D eigenvalue weighted by Crippen LogP contribution is 2.29. The van der Waals surface area contributed by atoms with Crippen LogP contribution in [0.3, 0.4) is 0 Å². The molecular formula is C35H68N2O4S2. The number of nitrogens with zero attached hydrogens (tertiary/aromatic N) is 2. The molecule has 43 heavy (non-hydrogen) atoms. The molecule has 1 aliphatic rings. The fraction of sp³-hybridized carbons (Fsp3) is 0.943. The van der Waals surface area contributed by atoms with E-state index in [0.717, 1.165) is 24.3 Å². The molecule has 3 amide bonds. The molecule has 254 valence electrons. The highest BCUT2D eigenvalue weighted by molar-refractivity contribution is 7.99. The Morgan fingerprint density at radius 1 is 0.581 bits per heavy atom. The molecule has 0 aromatic rings. The van der Waals surface area contributed by atoms with Crippen molar-refractivity contribution in [2.75, 3.05) is 36.1 Å². The molecule has 0 radical (unpaired) electrons. The minimum Gasteiger partial charge on any atom is -0.390 e. The van der Waals surface area contributed by atoms with Crippen LogP contribution in [0.1, 0.15) is 156 Å². The van der Waals surface area contributed by atoms with Crippen LogP contribution in [0.25, 0.3) is 0 Å². The number of amides is 3. The zero-order chi connectivity index (χ0) is 31.8. The van der Waals surface area contributed by atoms with E-state index in [1.807, 2.05) is 0 Å². The van der Waals surface area contributed by atoms with Crippen LogP contribution in [0.2, 0.25) is 0 Å². The van der Waals surface area contributed by atoms with Gasteiger partial charge in [0.05, 0.1) is 25.3 Å². The predicted molar refractivity (Wildman–Crippen MR) is 188 cm³/mol. The van der Waals surface area contributed by atoms with Gasteiger partial charge in [0, 0.05) is 11.5 Å². The van der Waals surface area contributed by atoms with E-state index in [9.17, 15) is 19.8 Å². The highest BCUT2D eigenvalue weighted by atomic mass is 32.2. The van der Waals surface area contributed by atoms with Gasteiger partial charge in [0.2, 0.25) is 0 Å². The molecule has 6 nitrogen and oxygen atoms in total. The number of carbonyl (C=O) groups is 2. The third kappa shape index (κ3) is 18.3. The minimum atomic E-state index is -1.01.